The zero-order valence-electron chi connectivity index (χ0n) is 10.3. The average Bonchev–Trinajstić information content (AvgIpc) is 2.30. The van der Waals surface area contributed by atoms with Crippen molar-refractivity contribution >= 4 is 12.2 Å². The monoisotopic (exact) mass is 234 g/mol. The lowest BCUT2D eigenvalue weighted by Crippen LogP contribution is -2.54. The zero-order valence-corrected chi connectivity index (χ0v) is 10.3. The summed E-state index contributed by atoms with van der Waals surface area (Å²) in [5, 5.41) is 0. The van der Waals surface area contributed by atoms with Crippen molar-refractivity contribution in [2.75, 3.05) is 26.7 Å². The maximum Gasteiger partial charge on any atom is 0.237 e. The van der Waals surface area contributed by atoms with Gasteiger partial charge >= 0.3 is 0 Å². The Kier molecular flexibility index (Phi) is 3.43. The molecule has 17 heavy (non-hydrogen) atoms. The van der Waals surface area contributed by atoms with E-state index in [0.29, 0.717) is 12.1 Å². The molecule has 0 bridgehead atoms. The molecule has 0 saturated carbocycles. The van der Waals surface area contributed by atoms with Crippen molar-refractivity contribution in [1.82, 2.24) is 9.80 Å². The van der Waals surface area contributed by atoms with Crippen LogP contribution in [0.5, 0.6) is 0 Å². The summed E-state index contributed by atoms with van der Waals surface area (Å²) in [5.74, 6) is 0.371. The average molecular weight is 234 g/mol. The van der Waals surface area contributed by atoms with Crippen LogP contribution in [-0.2, 0) is 9.59 Å². The van der Waals surface area contributed by atoms with Gasteiger partial charge in [0.2, 0.25) is 5.91 Å². The molecule has 0 spiro atoms. The molecule has 4 nitrogen and oxygen atoms in total. The Hall–Kier alpha value is -1.42. The molecule has 0 aromatic rings. The summed E-state index contributed by atoms with van der Waals surface area (Å²) in [6, 6.07) is 0.0971. The third-order valence-corrected chi connectivity index (χ3v) is 3.42. The second kappa shape index (κ2) is 4.84. The third kappa shape index (κ3) is 2.47. The van der Waals surface area contributed by atoms with Crippen molar-refractivity contribution in [2.45, 2.75) is 13.0 Å². The van der Waals surface area contributed by atoms with Crippen LogP contribution >= 0.6 is 0 Å². The lowest BCUT2D eigenvalue weighted by molar-refractivity contribution is -0.137. The Labute approximate surface area is 102 Å². The summed E-state index contributed by atoms with van der Waals surface area (Å²) in [6.45, 7) is 4.20. The van der Waals surface area contributed by atoms with Crippen molar-refractivity contribution in [3.63, 3.8) is 0 Å². The van der Waals surface area contributed by atoms with E-state index in [1.165, 1.54) is 0 Å². The molecule has 0 aromatic heterocycles. The van der Waals surface area contributed by atoms with E-state index in [2.05, 4.69) is 0 Å². The number of carbonyl (C=O) groups is 2. The Bertz CT molecular complexity index is 387. The van der Waals surface area contributed by atoms with E-state index in [1.54, 1.807) is 0 Å². The highest BCUT2D eigenvalue weighted by molar-refractivity contribution is 5.81. The van der Waals surface area contributed by atoms with Crippen molar-refractivity contribution in [3.05, 3.63) is 23.8 Å². The van der Waals surface area contributed by atoms with Gasteiger partial charge in [-0.05, 0) is 13.0 Å². The van der Waals surface area contributed by atoms with Crippen molar-refractivity contribution in [3.8, 4) is 0 Å². The lowest BCUT2D eigenvalue weighted by Gasteiger charge is -2.39. The fourth-order valence-corrected chi connectivity index (χ4v) is 2.43. The fourth-order valence-electron chi connectivity index (χ4n) is 2.43. The van der Waals surface area contributed by atoms with Gasteiger partial charge in [-0.3, -0.25) is 14.5 Å². The van der Waals surface area contributed by atoms with Gasteiger partial charge in [0.15, 0.2) is 0 Å². The lowest BCUT2D eigenvalue weighted by atomic mass is 9.91. The van der Waals surface area contributed by atoms with Gasteiger partial charge in [-0.1, -0.05) is 25.2 Å². The number of likely N-dealkylation sites (N-methyl/N-ethyl adjacent to an activating group) is 1. The number of hydrogen-bond donors (Lipinski definition) is 0. The summed E-state index contributed by atoms with van der Waals surface area (Å²) in [5.41, 5.74) is 0.704. The highest BCUT2D eigenvalue weighted by Crippen LogP contribution is 2.22. The second-order valence-corrected chi connectivity index (χ2v) is 4.82. The third-order valence-electron chi connectivity index (χ3n) is 3.42. The van der Waals surface area contributed by atoms with E-state index in [4.69, 9.17) is 0 Å². The van der Waals surface area contributed by atoms with Crippen LogP contribution in [0.15, 0.2) is 23.8 Å². The number of hydrogen-bond acceptors (Lipinski definition) is 3. The van der Waals surface area contributed by atoms with Crippen LogP contribution in [0.3, 0.4) is 0 Å². The number of rotatable bonds is 2. The van der Waals surface area contributed by atoms with E-state index >= 15 is 0 Å². The number of carbonyl (C=O) groups excluding carboxylic acids is 2. The number of piperazine rings is 1. The van der Waals surface area contributed by atoms with E-state index in [-0.39, 0.29) is 17.9 Å². The van der Waals surface area contributed by atoms with E-state index < -0.39 is 0 Å². The standard InChI is InChI=1S/C13H18N2O2/c1-10-7-11(9-16)3-4-12(10)15-6-5-14(2)8-13(15)17/h3-4,7,9-10,12H,5-6,8H2,1-2H3. The summed E-state index contributed by atoms with van der Waals surface area (Å²) >= 11 is 0. The highest BCUT2D eigenvalue weighted by atomic mass is 16.2. The molecule has 1 saturated heterocycles. The van der Waals surface area contributed by atoms with Crippen LogP contribution < -0.4 is 0 Å². The molecule has 2 atom stereocenters. The largest absolute Gasteiger partial charge is 0.333 e. The van der Waals surface area contributed by atoms with Gasteiger partial charge in [-0.15, -0.1) is 0 Å². The van der Waals surface area contributed by atoms with Crippen molar-refractivity contribution in [2.24, 2.45) is 5.92 Å². The first-order valence-electron chi connectivity index (χ1n) is 5.95. The van der Waals surface area contributed by atoms with Crippen LogP contribution in [-0.4, -0.2) is 54.7 Å². The van der Waals surface area contributed by atoms with E-state index in [1.807, 2.05) is 42.0 Å². The minimum atomic E-state index is 0.0971. The van der Waals surface area contributed by atoms with Gasteiger partial charge in [-0.2, -0.15) is 0 Å². The van der Waals surface area contributed by atoms with Crippen molar-refractivity contribution in [1.29, 1.82) is 0 Å². The summed E-state index contributed by atoms with van der Waals surface area (Å²) in [4.78, 5) is 26.6. The molecule has 2 unspecified atom stereocenters. The maximum absolute atomic E-state index is 12.0. The first-order valence-corrected chi connectivity index (χ1v) is 5.95. The molecule has 0 radical (unpaired) electrons. The first kappa shape index (κ1) is 12.0. The molecular formula is C13H18N2O2. The Balaban J connectivity index is 2.09. The number of allylic oxidation sites excluding steroid dienone is 2. The number of amides is 1. The quantitative estimate of drug-likeness (QED) is 0.652. The normalized spacial score (nSPS) is 30.4. The van der Waals surface area contributed by atoms with Gasteiger partial charge in [0.05, 0.1) is 12.6 Å². The van der Waals surface area contributed by atoms with E-state index in [0.717, 1.165) is 19.4 Å². The van der Waals surface area contributed by atoms with Gasteiger partial charge in [0, 0.05) is 18.7 Å². The molecule has 2 aliphatic rings. The van der Waals surface area contributed by atoms with Gasteiger partial charge in [0.1, 0.15) is 6.29 Å². The Morgan fingerprint density at radius 1 is 1.41 bits per heavy atom. The predicted octanol–water partition coefficient (Wildman–Crippen LogP) is 0.460. The molecule has 0 aromatic carbocycles. The minimum Gasteiger partial charge on any atom is -0.333 e. The molecule has 1 heterocycles. The summed E-state index contributed by atoms with van der Waals surface area (Å²) in [6.07, 6.45) is 6.57. The highest BCUT2D eigenvalue weighted by Gasteiger charge is 2.30. The van der Waals surface area contributed by atoms with Gasteiger partial charge < -0.3 is 4.90 Å². The molecule has 0 N–H and O–H groups in total. The van der Waals surface area contributed by atoms with Crippen LogP contribution in [0.4, 0.5) is 0 Å². The molecule has 1 fully saturated rings. The Morgan fingerprint density at radius 3 is 2.76 bits per heavy atom. The molecule has 4 heteroatoms. The zero-order chi connectivity index (χ0) is 12.4. The molecule has 1 aliphatic heterocycles. The molecule has 1 amide bonds. The molecular weight excluding hydrogens is 216 g/mol. The van der Waals surface area contributed by atoms with Gasteiger partial charge in [-0.25, -0.2) is 0 Å². The van der Waals surface area contributed by atoms with Gasteiger partial charge in [0.25, 0.3) is 0 Å². The van der Waals surface area contributed by atoms with Crippen LogP contribution in [0.2, 0.25) is 0 Å². The summed E-state index contributed by atoms with van der Waals surface area (Å²) in [7, 11) is 1.96. The maximum atomic E-state index is 12.0. The number of aldehydes is 1. The van der Waals surface area contributed by atoms with Crippen LogP contribution in [0.25, 0.3) is 0 Å². The predicted molar refractivity (Wildman–Crippen MR) is 65.4 cm³/mol. The Morgan fingerprint density at radius 2 is 2.18 bits per heavy atom. The van der Waals surface area contributed by atoms with Crippen LogP contribution in [0.1, 0.15) is 6.92 Å². The minimum absolute atomic E-state index is 0.0971. The fraction of sp³-hybridized carbons (Fsp3) is 0.538. The second-order valence-electron chi connectivity index (χ2n) is 4.82. The first-order chi connectivity index (χ1) is 8.11. The SMILES string of the molecule is CC1C=C(C=O)C=CC1N1CCN(C)CC1=O. The topological polar surface area (TPSA) is 40.6 Å². The van der Waals surface area contributed by atoms with Crippen LogP contribution in [0, 0.1) is 5.92 Å². The number of nitrogens with zero attached hydrogens (tertiary/aromatic N) is 2. The summed E-state index contributed by atoms with van der Waals surface area (Å²) < 4.78 is 0. The molecule has 2 rings (SSSR count). The molecule has 92 valence electrons. The molecule has 1 aliphatic carbocycles. The van der Waals surface area contributed by atoms with E-state index in [9.17, 15) is 9.59 Å². The van der Waals surface area contributed by atoms with Crippen molar-refractivity contribution < 1.29 is 9.59 Å². The smallest absolute Gasteiger partial charge is 0.237 e.